The van der Waals surface area contributed by atoms with Crippen LogP contribution in [-0.2, 0) is 16.4 Å². The average Bonchev–Trinajstić information content (AvgIpc) is 3.11. The highest BCUT2D eigenvalue weighted by molar-refractivity contribution is 7.90. The summed E-state index contributed by atoms with van der Waals surface area (Å²) in [6.45, 7) is 1.89. The molecule has 0 atom stereocenters. The number of fused-ring (bicyclic) bond motifs is 1. The van der Waals surface area contributed by atoms with Crippen LogP contribution in [0.4, 0.5) is 0 Å². The molecule has 0 unspecified atom stereocenters. The van der Waals surface area contributed by atoms with E-state index in [2.05, 4.69) is 16.1 Å². The van der Waals surface area contributed by atoms with Crippen LogP contribution in [0.5, 0.6) is 0 Å². The number of terminal acetylenes is 1. The molecule has 2 heterocycles. The lowest BCUT2D eigenvalue weighted by Gasteiger charge is -2.01. The number of aryl methyl sites for hydroxylation is 1. The summed E-state index contributed by atoms with van der Waals surface area (Å²) in [5.74, 6) is 1.95. The average molecular weight is 375 g/mol. The number of amides is 1. The molecular formula is C16H13N3O4S2. The highest BCUT2D eigenvalue weighted by Crippen LogP contribution is 2.22. The molecule has 0 bridgehead atoms. The molecule has 3 aromatic rings. The molecule has 0 aliphatic carbocycles. The van der Waals surface area contributed by atoms with E-state index in [1.54, 1.807) is 23.6 Å². The van der Waals surface area contributed by atoms with Crippen molar-refractivity contribution in [2.24, 2.45) is 4.99 Å². The lowest BCUT2D eigenvalue weighted by Crippen LogP contribution is -2.16. The zero-order valence-electron chi connectivity index (χ0n) is 13.4. The van der Waals surface area contributed by atoms with Gasteiger partial charge in [-0.05, 0) is 25.1 Å². The third kappa shape index (κ3) is 3.40. The Kier molecular flexibility index (Phi) is 4.32. The van der Waals surface area contributed by atoms with E-state index < -0.39 is 15.7 Å². The van der Waals surface area contributed by atoms with Gasteiger partial charge in [0.15, 0.2) is 14.6 Å². The maximum Gasteiger partial charge on any atom is 0.318 e. The molecule has 2 aromatic heterocycles. The van der Waals surface area contributed by atoms with Gasteiger partial charge in [-0.1, -0.05) is 22.4 Å². The summed E-state index contributed by atoms with van der Waals surface area (Å²) in [6, 6.07) is 6.20. The van der Waals surface area contributed by atoms with E-state index in [9.17, 15) is 13.2 Å². The van der Waals surface area contributed by atoms with Gasteiger partial charge in [-0.15, -0.1) is 6.42 Å². The molecule has 0 aliphatic rings. The second-order valence-corrected chi connectivity index (χ2v) is 8.35. The molecule has 0 saturated carbocycles. The minimum Gasteiger partial charge on any atom is -0.351 e. The molecule has 3 rings (SSSR count). The van der Waals surface area contributed by atoms with Crippen LogP contribution in [-0.4, -0.2) is 30.3 Å². The van der Waals surface area contributed by atoms with E-state index in [0.717, 1.165) is 6.26 Å². The first-order valence-corrected chi connectivity index (χ1v) is 9.79. The molecule has 25 heavy (non-hydrogen) atoms. The Hall–Kier alpha value is -2.70. The Balaban J connectivity index is 2.20. The van der Waals surface area contributed by atoms with Crippen molar-refractivity contribution in [3.63, 3.8) is 0 Å². The largest absolute Gasteiger partial charge is 0.351 e. The molecule has 0 fully saturated rings. The standard InChI is InChI=1S/C16H13N3O4S2/c1-4-7-19-12-6-5-11(25(3,21)22)9-14(12)24-16(19)17-15(20)13-8-10(2)18-23-13/h1,5-6,8-9H,7H2,2-3H3. The summed E-state index contributed by atoms with van der Waals surface area (Å²) in [5.41, 5.74) is 1.28. The quantitative estimate of drug-likeness (QED) is 0.650. The van der Waals surface area contributed by atoms with E-state index in [1.807, 2.05) is 0 Å². The molecular weight excluding hydrogens is 362 g/mol. The fourth-order valence-corrected chi connectivity index (χ4v) is 4.01. The highest BCUT2D eigenvalue weighted by Gasteiger charge is 2.14. The maximum atomic E-state index is 12.2. The van der Waals surface area contributed by atoms with Gasteiger partial charge in [-0.2, -0.15) is 4.99 Å². The van der Waals surface area contributed by atoms with Crippen molar-refractivity contribution in [2.45, 2.75) is 18.4 Å². The number of nitrogens with zero attached hydrogens (tertiary/aromatic N) is 3. The van der Waals surface area contributed by atoms with E-state index in [1.165, 1.54) is 23.5 Å². The minimum atomic E-state index is -3.34. The van der Waals surface area contributed by atoms with Gasteiger partial charge in [0.25, 0.3) is 0 Å². The number of benzene rings is 1. The summed E-state index contributed by atoms with van der Waals surface area (Å²) in [4.78, 5) is 16.8. The molecule has 0 saturated heterocycles. The van der Waals surface area contributed by atoms with Crippen molar-refractivity contribution in [1.82, 2.24) is 9.72 Å². The van der Waals surface area contributed by atoms with Crippen LogP contribution in [0.15, 0.2) is 38.7 Å². The number of rotatable bonds is 3. The van der Waals surface area contributed by atoms with Crippen LogP contribution < -0.4 is 4.80 Å². The van der Waals surface area contributed by atoms with Crippen LogP contribution in [0, 0.1) is 19.3 Å². The molecule has 9 heteroatoms. The van der Waals surface area contributed by atoms with Crippen LogP contribution in [0.3, 0.4) is 0 Å². The third-order valence-electron chi connectivity index (χ3n) is 3.37. The third-order valence-corrected chi connectivity index (χ3v) is 5.52. The Morgan fingerprint density at radius 2 is 2.20 bits per heavy atom. The van der Waals surface area contributed by atoms with Crippen LogP contribution in [0.1, 0.15) is 16.2 Å². The van der Waals surface area contributed by atoms with Crippen molar-refractivity contribution in [3.8, 4) is 12.3 Å². The number of hydrogen-bond acceptors (Lipinski definition) is 6. The molecule has 1 amide bonds. The molecule has 0 N–H and O–H groups in total. The van der Waals surface area contributed by atoms with Crippen molar-refractivity contribution in [2.75, 3.05) is 6.26 Å². The maximum absolute atomic E-state index is 12.2. The summed E-state index contributed by atoms with van der Waals surface area (Å²) in [5, 5.41) is 3.66. The number of thiazole rings is 1. The highest BCUT2D eigenvalue weighted by atomic mass is 32.2. The van der Waals surface area contributed by atoms with Gasteiger partial charge in [0.1, 0.15) is 0 Å². The Morgan fingerprint density at radius 1 is 1.44 bits per heavy atom. The van der Waals surface area contributed by atoms with Gasteiger partial charge in [0, 0.05) is 12.3 Å². The normalized spacial score (nSPS) is 12.4. The number of carbonyl (C=O) groups is 1. The SMILES string of the molecule is C#CCn1c(=NC(=O)c2cc(C)no2)sc2cc(S(C)(=O)=O)ccc21. The zero-order valence-corrected chi connectivity index (χ0v) is 15.0. The van der Waals surface area contributed by atoms with Gasteiger partial charge in [-0.25, -0.2) is 8.42 Å². The predicted molar refractivity (Wildman–Crippen MR) is 92.9 cm³/mol. The molecule has 7 nitrogen and oxygen atoms in total. The van der Waals surface area contributed by atoms with Gasteiger partial charge in [0.2, 0.25) is 5.76 Å². The first-order valence-electron chi connectivity index (χ1n) is 7.09. The van der Waals surface area contributed by atoms with Crippen LogP contribution in [0.25, 0.3) is 10.2 Å². The van der Waals surface area contributed by atoms with E-state index in [-0.39, 0.29) is 17.2 Å². The Labute approximate surface area is 147 Å². The van der Waals surface area contributed by atoms with E-state index in [0.29, 0.717) is 20.7 Å². The lowest BCUT2D eigenvalue weighted by molar-refractivity contribution is 0.0962. The van der Waals surface area contributed by atoms with E-state index >= 15 is 0 Å². The van der Waals surface area contributed by atoms with Crippen molar-refractivity contribution in [1.29, 1.82) is 0 Å². The summed E-state index contributed by atoms with van der Waals surface area (Å²) in [7, 11) is -3.34. The molecule has 1 aromatic carbocycles. The Morgan fingerprint density at radius 3 is 2.80 bits per heavy atom. The van der Waals surface area contributed by atoms with Gasteiger partial charge in [0.05, 0.1) is 27.4 Å². The molecule has 0 spiro atoms. The second kappa shape index (κ2) is 6.31. The van der Waals surface area contributed by atoms with E-state index in [4.69, 9.17) is 10.9 Å². The summed E-state index contributed by atoms with van der Waals surface area (Å²) < 4.78 is 30.7. The van der Waals surface area contributed by atoms with Crippen molar-refractivity contribution >= 4 is 37.3 Å². The molecule has 0 radical (unpaired) electrons. The first kappa shape index (κ1) is 17.1. The lowest BCUT2D eigenvalue weighted by atomic mass is 10.3. The topological polar surface area (TPSA) is 94.5 Å². The van der Waals surface area contributed by atoms with Crippen LogP contribution in [0.2, 0.25) is 0 Å². The number of sulfone groups is 1. The van der Waals surface area contributed by atoms with Crippen molar-refractivity contribution in [3.05, 3.63) is 40.5 Å². The van der Waals surface area contributed by atoms with Gasteiger partial charge >= 0.3 is 5.91 Å². The summed E-state index contributed by atoms with van der Waals surface area (Å²) in [6.07, 6.45) is 6.54. The zero-order chi connectivity index (χ0) is 18.2. The van der Waals surface area contributed by atoms with Gasteiger partial charge < -0.3 is 9.09 Å². The smallest absolute Gasteiger partial charge is 0.318 e. The Bertz CT molecular complexity index is 1190. The molecule has 128 valence electrons. The number of hydrogen-bond donors (Lipinski definition) is 0. The fraction of sp³-hybridized carbons (Fsp3) is 0.188. The van der Waals surface area contributed by atoms with Crippen molar-refractivity contribution < 1.29 is 17.7 Å². The summed E-state index contributed by atoms with van der Waals surface area (Å²) >= 11 is 1.18. The van der Waals surface area contributed by atoms with Gasteiger partial charge in [-0.3, -0.25) is 4.79 Å². The second-order valence-electron chi connectivity index (χ2n) is 5.33. The number of carbonyl (C=O) groups excluding carboxylic acids is 1. The minimum absolute atomic E-state index is 0.0269. The van der Waals surface area contributed by atoms with Crippen LogP contribution >= 0.6 is 11.3 Å². The monoisotopic (exact) mass is 375 g/mol. The predicted octanol–water partition coefficient (Wildman–Crippen LogP) is 1.78. The first-order chi connectivity index (χ1) is 11.8. The fourth-order valence-electron chi connectivity index (χ4n) is 2.22. The molecule has 0 aliphatic heterocycles. The number of aromatic nitrogens is 2.